The van der Waals surface area contributed by atoms with Gasteiger partial charge in [0.1, 0.15) is 11.6 Å². The second-order valence-electron chi connectivity index (χ2n) is 7.46. The molecule has 2 amide bonds. The normalized spacial score (nSPS) is 13.7. The first-order valence-electron chi connectivity index (χ1n) is 10.1. The van der Waals surface area contributed by atoms with Crippen molar-refractivity contribution in [3.05, 3.63) is 89.4 Å². The van der Waals surface area contributed by atoms with Gasteiger partial charge >= 0.3 is 0 Å². The molecule has 2 aromatic carbocycles. The highest BCUT2D eigenvalue weighted by atomic mass is 19.1. The molecule has 0 spiro atoms. The van der Waals surface area contributed by atoms with E-state index in [-0.39, 0.29) is 11.8 Å². The minimum absolute atomic E-state index is 0.165. The number of anilines is 2. The largest absolute Gasteiger partial charge is 0.353 e. The molecule has 31 heavy (non-hydrogen) atoms. The third-order valence-corrected chi connectivity index (χ3v) is 5.36. The number of amides is 2. The fraction of sp³-hybridized carbons (Fsp3) is 0.208. The summed E-state index contributed by atoms with van der Waals surface area (Å²) in [6, 6.07) is 16.9. The smallest absolute Gasteiger partial charge is 0.255 e. The van der Waals surface area contributed by atoms with Gasteiger partial charge in [0, 0.05) is 37.3 Å². The van der Waals surface area contributed by atoms with Crippen molar-refractivity contribution >= 4 is 23.3 Å². The molecule has 0 saturated carbocycles. The Morgan fingerprint density at radius 1 is 0.968 bits per heavy atom. The average molecular weight is 418 g/mol. The van der Waals surface area contributed by atoms with Crippen LogP contribution in [0.15, 0.2) is 66.9 Å². The summed E-state index contributed by atoms with van der Waals surface area (Å²) in [5.41, 5.74) is 2.53. The highest BCUT2D eigenvalue weighted by molar-refractivity contribution is 6.05. The lowest BCUT2D eigenvalue weighted by molar-refractivity contribution is 0.0746. The Balaban J connectivity index is 1.35. The predicted octanol–water partition coefficient (Wildman–Crippen LogP) is 3.74. The van der Waals surface area contributed by atoms with E-state index < -0.39 is 5.82 Å². The molecule has 1 aliphatic rings. The molecule has 158 valence electrons. The molecule has 3 aromatic rings. The van der Waals surface area contributed by atoms with E-state index in [0.717, 1.165) is 11.4 Å². The van der Waals surface area contributed by atoms with Crippen LogP contribution in [0.4, 0.5) is 15.9 Å². The number of carbonyl (C=O) groups is 2. The lowest BCUT2D eigenvalue weighted by Crippen LogP contribution is -2.49. The number of carbonyl (C=O) groups excluding carboxylic acids is 2. The number of nitrogens with one attached hydrogen (secondary N) is 1. The number of aromatic nitrogens is 1. The maximum atomic E-state index is 13.4. The Bertz CT molecular complexity index is 1090. The number of hydrogen-bond donors (Lipinski definition) is 1. The van der Waals surface area contributed by atoms with Gasteiger partial charge < -0.3 is 15.1 Å². The molecule has 1 N–H and O–H groups in total. The molecular formula is C24H23FN4O2. The minimum atomic E-state index is -0.414. The van der Waals surface area contributed by atoms with Gasteiger partial charge in [0.15, 0.2) is 0 Å². The third-order valence-electron chi connectivity index (χ3n) is 5.36. The van der Waals surface area contributed by atoms with Gasteiger partial charge in [-0.1, -0.05) is 24.3 Å². The first-order valence-corrected chi connectivity index (χ1v) is 10.1. The Hall–Kier alpha value is -3.74. The highest BCUT2D eigenvalue weighted by Crippen LogP contribution is 2.18. The fourth-order valence-electron chi connectivity index (χ4n) is 3.62. The van der Waals surface area contributed by atoms with Crippen LogP contribution in [0.5, 0.6) is 0 Å². The molecule has 2 heterocycles. The average Bonchev–Trinajstić information content (AvgIpc) is 2.79. The summed E-state index contributed by atoms with van der Waals surface area (Å²) < 4.78 is 13.4. The van der Waals surface area contributed by atoms with Gasteiger partial charge in [-0.25, -0.2) is 9.37 Å². The second kappa shape index (κ2) is 8.95. The number of benzene rings is 2. The number of halogens is 1. The van der Waals surface area contributed by atoms with E-state index in [4.69, 9.17) is 0 Å². The van der Waals surface area contributed by atoms with E-state index in [1.807, 2.05) is 37.3 Å². The molecule has 4 rings (SSSR count). The van der Waals surface area contributed by atoms with Gasteiger partial charge in [0.05, 0.1) is 11.9 Å². The molecule has 6 nitrogen and oxygen atoms in total. The van der Waals surface area contributed by atoms with Crippen LogP contribution in [-0.4, -0.2) is 47.9 Å². The van der Waals surface area contributed by atoms with E-state index in [9.17, 15) is 14.0 Å². The van der Waals surface area contributed by atoms with Gasteiger partial charge in [-0.05, 0) is 48.9 Å². The minimum Gasteiger partial charge on any atom is -0.353 e. The Morgan fingerprint density at radius 2 is 1.74 bits per heavy atom. The Kier molecular flexibility index (Phi) is 5.93. The molecule has 1 aliphatic heterocycles. The van der Waals surface area contributed by atoms with Gasteiger partial charge in [-0.3, -0.25) is 9.59 Å². The molecule has 7 heteroatoms. The highest BCUT2D eigenvalue weighted by Gasteiger charge is 2.23. The predicted molar refractivity (Wildman–Crippen MR) is 118 cm³/mol. The van der Waals surface area contributed by atoms with Crippen LogP contribution in [0.25, 0.3) is 0 Å². The monoisotopic (exact) mass is 418 g/mol. The summed E-state index contributed by atoms with van der Waals surface area (Å²) in [4.78, 5) is 33.3. The first-order chi connectivity index (χ1) is 15.0. The van der Waals surface area contributed by atoms with E-state index in [1.54, 1.807) is 29.3 Å². The van der Waals surface area contributed by atoms with Crippen LogP contribution < -0.4 is 10.2 Å². The summed E-state index contributed by atoms with van der Waals surface area (Å²) in [5, 5.41) is 2.87. The zero-order valence-corrected chi connectivity index (χ0v) is 17.2. The van der Waals surface area contributed by atoms with Gasteiger partial charge in [0.2, 0.25) is 0 Å². The van der Waals surface area contributed by atoms with Crippen molar-refractivity contribution in [2.24, 2.45) is 0 Å². The number of rotatable bonds is 4. The molecule has 1 aromatic heterocycles. The zero-order valence-electron chi connectivity index (χ0n) is 17.2. The fourth-order valence-corrected chi connectivity index (χ4v) is 3.62. The van der Waals surface area contributed by atoms with E-state index in [2.05, 4.69) is 15.2 Å². The maximum absolute atomic E-state index is 13.4. The number of pyridine rings is 1. The topological polar surface area (TPSA) is 65.5 Å². The van der Waals surface area contributed by atoms with Crippen LogP contribution >= 0.6 is 0 Å². The lowest BCUT2D eigenvalue weighted by atomic mass is 10.1. The Morgan fingerprint density at radius 3 is 2.42 bits per heavy atom. The quantitative estimate of drug-likeness (QED) is 0.701. The number of piperazine rings is 1. The van der Waals surface area contributed by atoms with Crippen molar-refractivity contribution in [2.45, 2.75) is 6.92 Å². The molecule has 0 aliphatic carbocycles. The first kappa shape index (κ1) is 20.5. The van der Waals surface area contributed by atoms with Crippen LogP contribution in [-0.2, 0) is 0 Å². The molecule has 0 bridgehead atoms. The van der Waals surface area contributed by atoms with Crippen LogP contribution in [0.1, 0.15) is 26.3 Å². The van der Waals surface area contributed by atoms with Crippen molar-refractivity contribution in [3.8, 4) is 0 Å². The van der Waals surface area contributed by atoms with E-state index >= 15 is 0 Å². The van der Waals surface area contributed by atoms with Crippen molar-refractivity contribution in [2.75, 3.05) is 36.4 Å². The standard InChI is InChI=1S/C24H23FN4O2/c1-17-5-2-3-8-21(17)23(30)27-20-9-10-22(26-16-20)28-11-13-29(14-12-28)24(31)18-6-4-7-19(25)15-18/h2-10,15-16H,11-14H2,1H3,(H,27,30). The van der Waals surface area contributed by atoms with Crippen LogP contribution in [0.2, 0.25) is 0 Å². The lowest BCUT2D eigenvalue weighted by Gasteiger charge is -2.35. The molecule has 1 saturated heterocycles. The van der Waals surface area contributed by atoms with E-state index in [0.29, 0.717) is 43.0 Å². The van der Waals surface area contributed by atoms with E-state index in [1.165, 1.54) is 12.1 Å². The summed E-state index contributed by atoms with van der Waals surface area (Å²) in [7, 11) is 0. The summed E-state index contributed by atoms with van der Waals surface area (Å²) in [6.45, 7) is 4.21. The summed E-state index contributed by atoms with van der Waals surface area (Å²) >= 11 is 0. The third kappa shape index (κ3) is 4.71. The molecule has 0 unspecified atom stereocenters. The Labute approximate surface area is 180 Å². The molecule has 0 radical (unpaired) electrons. The zero-order chi connectivity index (χ0) is 21.8. The molecule has 0 atom stereocenters. The summed E-state index contributed by atoms with van der Waals surface area (Å²) in [5.74, 6) is 0.0357. The van der Waals surface area contributed by atoms with Crippen molar-refractivity contribution < 1.29 is 14.0 Å². The van der Waals surface area contributed by atoms with Crippen LogP contribution in [0.3, 0.4) is 0 Å². The SMILES string of the molecule is Cc1ccccc1C(=O)Nc1ccc(N2CCN(C(=O)c3cccc(F)c3)CC2)nc1. The van der Waals surface area contributed by atoms with Gasteiger partial charge in [-0.2, -0.15) is 0 Å². The number of hydrogen-bond acceptors (Lipinski definition) is 4. The van der Waals surface area contributed by atoms with Gasteiger partial charge in [0.25, 0.3) is 11.8 Å². The van der Waals surface area contributed by atoms with Crippen molar-refractivity contribution in [1.82, 2.24) is 9.88 Å². The summed E-state index contributed by atoms with van der Waals surface area (Å²) in [6.07, 6.45) is 1.63. The van der Waals surface area contributed by atoms with Crippen molar-refractivity contribution in [1.29, 1.82) is 0 Å². The maximum Gasteiger partial charge on any atom is 0.255 e. The molecular weight excluding hydrogens is 395 g/mol. The second-order valence-corrected chi connectivity index (χ2v) is 7.46. The van der Waals surface area contributed by atoms with Crippen LogP contribution in [0, 0.1) is 12.7 Å². The number of aryl methyl sites for hydroxylation is 1. The van der Waals surface area contributed by atoms with Gasteiger partial charge in [-0.15, -0.1) is 0 Å². The number of nitrogens with zero attached hydrogens (tertiary/aromatic N) is 3. The van der Waals surface area contributed by atoms with Crippen molar-refractivity contribution in [3.63, 3.8) is 0 Å². The molecule has 1 fully saturated rings.